The molecule has 3 rings (SSSR count). The first-order valence-corrected chi connectivity index (χ1v) is 10.5. The van der Waals surface area contributed by atoms with Crippen LogP contribution in [-0.2, 0) is 10.0 Å². The Kier molecular flexibility index (Phi) is 6.60. The van der Waals surface area contributed by atoms with Gasteiger partial charge in [-0.3, -0.25) is 9.59 Å². The summed E-state index contributed by atoms with van der Waals surface area (Å²) in [5.74, 6) is -1.08. The quantitative estimate of drug-likeness (QED) is 0.533. The molecule has 0 bridgehead atoms. The van der Waals surface area contributed by atoms with Crippen molar-refractivity contribution in [2.24, 2.45) is 0 Å². The molecule has 30 heavy (non-hydrogen) atoms. The average Bonchev–Trinajstić information content (AvgIpc) is 2.72. The summed E-state index contributed by atoms with van der Waals surface area (Å²) in [6, 6.07) is 13.2. The molecule has 1 aromatic heterocycles. The highest BCUT2D eigenvalue weighted by Gasteiger charge is 2.14. The van der Waals surface area contributed by atoms with Crippen LogP contribution < -0.4 is 15.6 Å². The summed E-state index contributed by atoms with van der Waals surface area (Å²) < 4.78 is 40.8. The van der Waals surface area contributed by atoms with Crippen LogP contribution >= 0.6 is 11.6 Å². The van der Waals surface area contributed by atoms with Gasteiger partial charge < -0.3 is 5.32 Å². The van der Waals surface area contributed by atoms with Gasteiger partial charge in [-0.2, -0.15) is 9.78 Å². The number of sulfonamides is 1. The van der Waals surface area contributed by atoms with Crippen molar-refractivity contribution in [2.45, 2.75) is 4.90 Å². The number of amides is 1. The molecule has 0 unspecified atom stereocenters. The second-order valence-corrected chi connectivity index (χ2v) is 8.26. The van der Waals surface area contributed by atoms with E-state index in [9.17, 15) is 22.4 Å². The lowest BCUT2D eigenvalue weighted by Crippen LogP contribution is -2.35. The summed E-state index contributed by atoms with van der Waals surface area (Å²) in [7, 11) is -3.77. The van der Waals surface area contributed by atoms with Gasteiger partial charge in [-0.15, -0.1) is 0 Å². The lowest BCUT2D eigenvalue weighted by molar-refractivity contribution is 0.0947. The van der Waals surface area contributed by atoms with Gasteiger partial charge in [0.1, 0.15) is 11.5 Å². The number of hydrogen-bond donors (Lipinski definition) is 2. The Balaban J connectivity index is 1.62. The van der Waals surface area contributed by atoms with Gasteiger partial charge in [0.05, 0.1) is 10.6 Å². The molecule has 156 valence electrons. The first-order valence-electron chi connectivity index (χ1n) is 8.66. The fourth-order valence-corrected chi connectivity index (χ4v) is 3.80. The summed E-state index contributed by atoms with van der Waals surface area (Å²) in [6.45, 7) is -0.0891. The van der Waals surface area contributed by atoms with Gasteiger partial charge in [0.15, 0.2) is 0 Å². The largest absolute Gasteiger partial charge is 0.349 e. The van der Waals surface area contributed by atoms with E-state index >= 15 is 0 Å². The minimum absolute atomic E-state index is 0.00867. The van der Waals surface area contributed by atoms with Crippen molar-refractivity contribution in [3.05, 3.63) is 87.6 Å². The fourth-order valence-electron chi connectivity index (χ4n) is 2.47. The van der Waals surface area contributed by atoms with Crippen LogP contribution in [0.2, 0.25) is 5.02 Å². The summed E-state index contributed by atoms with van der Waals surface area (Å²) in [5.41, 5.74) is -0.255. The Labute approximate surface area is 176 Å². The number of carbonyl (C=O) groups excluding carboxylic acids is 1. The highest BCUT2D eigenvalue weighted by Crippen LogP contribution is 2.14. The highest BCUT2D eigenvalue weighted by atomic mass is 35.5. The lowest BCUT2D eigenvalue weighted by Gasteiger charge is -2.09. The third kappa shape index (κ3) is 5.29. The zero-order chi connectivity index (χ0) is 21.7. The number of hydrogen-bond acceptors (Lipinski definition) is 5. The maximum absolute atomic E-state index is 13.1. The molecule has 0 atom stereocenters. The van der Waals surface area contributed by atoms with Crippen molar-refractivity contribution in [3.8, 4) is 5.69 Å². The lowest BCUT2D eigenvalue weighted by atomic mass is 10.3. The third-order valence-corrected chi connectivity index (χ3v) is 5.61. The number of nitrogens with zero attached hydrogens (tertiary/aromatic N) is 2. The molecule has 0 spiro atoms. The Morgan fingerprint density at radius 1 is 1.07 bits per heavy atom. The van der Waals surface area contributed by atoms with E-state index in [4.69, 9.17) is 11.6 Å². The topological polar surface area (TPSA) is 110 Å². The molecule has 2 N–H and O–H groups in total. The van der Waals surface area contributed by atoms with E-state index in [-0.39, 0.29) is 28.7 Å². The molecule has 0 aliphatic rings. The van der Waals surface area contributed by atoms with Gasteiger partial charge in [0.2, 0.25) is 10.0 Å². The molecule has 0 aliphatic heterocycles. The molecule has 1 amide bonds. The average molecular weight is 451 g/mol. The molecule has 2 aromatic carbocycles. The number of aromatic nitrogens is 2. The Morgan fingerprint density at radius 2 is 1.80 bits per heavy atom. The van der Waals surface area contributed by atoms with Crippen molar-refractivity contribution in [1.82, 2.24) is 19.8 Å². The summed E-state index contributed by atoms with van der Waals surface area (Å²) in [6.07, 6.45) is 0. The Morgan fingerprint density at radius 3 is 2.50 bits per heavy atom. The van der Waals surface area contributed by atoms with E-state index in [0.717, 1.165) is 10.7 Å². The van der Waals surface area contributed by atoms with Crippen LogP contribution in [0.25, 0.3) is 5.69 Å². The number of halogens is 2. The van der Waals surface area contributed by atoms with Crippen molar-refractivity contribution in [1.29, 1.82) is 0 Å². The van der Waals surface area contributed by atoms with Crippen LogP contribution in [0.3, 0.4) is 0 Å². The zero-order valence-corrected chi connectivity index (χ0v) is 17.0. The maximum atomic E-state index is 13.1. The van der Waals surface area contributed by atoms with Gasteiger partial charge in [-0.25, -0.2) is 17.5 Å². The first kappa shape index (κ1) is 21.6. The number of carbonyl (C=O) groups is 1. The molecular weight excluding hydrogens is 435 g/mol. The molecule has 0 saturated heterocycles. The molecule has 11 heteroatoms. The summed E-state index contributed by atoms with van der Waals surface area (Å²) in [4.78, 5) is 24.3. The number of rotatable bonds is 7. The molecular formula is C19H16ClFN4O4S. The van der Waals surface area contributed by atoms with Gasteiger partial charge in [0.25, 0.3) is 11.5 Å². The minimum Gasteiger partial charge on any atom is -0.349 e. The van der Waals surface area contributed by atoms with Crippen molar-refractivity contribution in [2.75, 3.05) is 13.1 Å². The van der Waals surface area contributed by atoms with Crippen LogP contribution in [0.5, 0.6) is 0 Å². The molecule has 3 aromatic rings. The first-order chi connectivity index (χ1) is 14.3. The van der Waals surface area contributed by atoms with Gasteiger partial charge in [-0.05, 0) is 48.5 Å². The van der Waals surface area contributed by atoms with Crippen LogP contribution in [0.4, 0.5) is 4.39 Å². The van der Waals surface area contributed by atoms with Gasteiger partial charge in [-0.1, -0.05) is 17.7 Å². The Hall–Kier alpha value is -3.08. The zero-order valence-electron chi connectivity index (χ0n) is 15.4. The van der Waals surface area contributed by atoms with Crippen LogP contribution in [0, 0.1) is 5.82 Å². The van der Waals surface area contributed by atoms with Crippen LogP contribution in [-0.4, -0.2) is 37.2 Å². The normalized spacial score (nSPS) is 11.3. The van der Waals surface area contributed by atoms with E-state index in [1.165, 1.54) is 48.5 Å². The van der Waals surface area contributed by atoms with E-state index in [1.54, 1.807) is 6.07 Å². The second-order valence-electron chi connectivity index (χ2n) is 6.06. The number of benzene rings is 2. The predicted molar refractivity (Wildman–Crippen MR) is 109 cm³/mol. The van der Waals surface area contributed by atoms with Crippen LogP contribution in [0.1, 0.15) is 10.5 Å². The van der Waals surface area contributed by atoms with Crippen LogP contribution in [0.15, 0.2) is 70.4 Å². The van der Waals surface area contributed by atoms with E-state index in [1.807, 2.05) is 0 Å². The van der Waals surface area contributed by atoms with E-state index in [0.29, 0.717) is 5.69 Å². The molecule has 8 nitrogen and oxygen atoms in total. The summed E-state index contributed by atoms with van der Waals surface area (Å²) in [5, 5.41) is 6.77. The monoisotopic (exact) mass is 450 g/mol. The molecule has 1 heterocycles. The highest BCUT2D eigenvalue weighted by molar-refractivity contribution is 7.89. The Bertz CT molecular complexity index is 1230. The third-order valence-electron chi connectivity index (χ3n) is 3.91. The van der Waals surface area contributed by atoms with Crippen molar-refractivity contribution < 1.29 is 17.6 Å². The van der Waals surface area contributed by atoms with E-state index < -0.39 is 27.3 Å². The SMILES string of the molecule is O=C(NCCNS(=O)(=O)c1cccc(Cl)c1)c1ccc(=O)n(-c2ccc(F)cc2)n1. The maximum Gasteiger partial charge on any atom is 0.271 e. The predicted octanol–water partition coefficient (Wildman–Crippen LogP) is 1.73. The molecule has 0 saturated carbocycles. The van der Waals surface area contributed by atoms with Crippen molar-refractivity contribution >= 4 is 27.5 Å². The molecule has 0 fully saturated rings. The molecule has 0 aliphatic carbocycles. The van der Waals surface area contributed by atoms with Crippen molar-refractivity contribution in [3.63, 3.8) is 0 Å². The standard InChI is InChI=1S/C19H16ClFN4O4S/c20-13-2-1-3-16(12-13)30(28,29)23-11-10-22-19(27)17-8-9-18(26)25(24-17)15-6-4-14(21)5-7-15/h1-9,12,23H,10-11H2,(H,22,27). The summed E-state index contributed by atoms with van der Waals surface area (Å²) >= 11 is 5.80. The fraction of sp³-hybridized carbons (Fsp3) is 0.105. The van der Waals surface area contributed by atoms with Gasteiger partial charge in [0, 0.05) is 24.2 Å². The smallest absolute Gasteiger partial charge is 0.271 e. The minimum atomic E-state index is -3.77. The second kappa shape index (κ2) is 9.16. The molecule has 0 radical (unpaired) electrons. The van der Waals surface area contributed by atoms with E-state index in [2.05, 4.69) is 15.1 Å². The van der Waals surface area contributed by atoms with Gasteiger partial charge >= 0.3 is 0 Å². The number of nitrogens with one attached hydrogen (secondary N) is 2.